The van der Waals surface area contributed by atoms with Gasteiger partial charge in [-0.15, -0.1) is 22.7 Å². The van der Waals surface area contributed by atoms with Gasteiger partial charge in [0.1, 0.15) is 0 Å². The van der Waals surface area contributed by atoms with Crippen molar-refractivity contribution in [2.75, 3.05) is 0 Å². The van der Waals surface area contributed by atoms with Crippen LogP contribution in [0.5, 0.6) is 0 Å². The molecule has 0 unspecified atom stereocenters. The Labute approximate surface area is 671 Å². The lowest BCUT2D eigenvalue weighted by Gasteiger charge is -2.21. The van der Waals surface area contributed by atoms with E-state index in [9.17, 15) is 0 Å². The lowest BCUT2D eigenvalue weighted by atomic mass is 9.82. The summed E-state index contributed by atoms with van der Waals surface area (Å²) in [6.45, 7) is 4.71. The Balaban J connectivity index is 0.000000140. The van der Waals surface area contributed by atoms with Crippen LogP contribution in [0.15, 0.2) is 376 Å². The molecule has 23 rings (SSSR count). The molecule has 0 fully saturated rings. The van der Waals surface area contributed by atoms with E-state index < -0.39 is 0 Å². The third-order valence-electron chi connectivity index (χ3n) is 22.9. The number of para-hydroxylation sites is 3. The SMILES string of the molecule is CC1(C)c2ccccc2-c2cc3c4ccccc4n(-c4ccc(-c5cc(-c6nc(-c7ccccc7)nc(-c7ccccc7)n6)c6sc7ccccc7c6c5)cc4)c3cc21.c1ccc(-c2nc(-c3ccccc3)nc(-c3cc(-c4ccc(-c5ccc6c(c5)c5ccccc5n6-c5ccccc5)cc4)cc4c3sc3ccccc34)n2)cc1. The van der Waals surface area contributed by atoms with Crippen molar-refractivity contribution in [2.45, 2.75) is 19.3 Å². The molecule has 6 heterocycles. The Morgan fingerprint density at radius 3 is 1.04 bits per heavy atom. The average molecular weight is 1510 g/mol. The van der Waals surface area contributed by atoms with Gasteiger partial charge in [0.15, 0.2) is 34.9 Å². The van der Waals surface area contributed by atoms with Gasteiger partial charge in [0.05, 0.1) is 22.1 Å². The van der Waals surface area contributed by atoms with E-state index in [1.807, 2.05) is 72.8 Å². The highest BCUT2D eigenvalue weighted by molar-refractivity contribution is 7.26. The van der Waals surface area contributed by atoms with E-state index in [4.69, 9.17) is 29.9 Å². The molecule has 0 spiro atoms. The molecule has 540 valence electrons. The zero-order valence-electron chi connectivity index (χ0n) is 62.7. The number of thiophene rings is 2. The first-order chi connectivity index (χ1) is 56.7. The van der Waals surface area contributed by atoms with Crippen molar-refractivity contribution < 1.29 is 0 Å². The molecular weight excluding hydrogens is 1440 g/mol. The molecule has 0 aliphatic heterocycles. The summed E-state index contributed by atoms with van der Waals surface area (Å²) in [4.78, 5) is 30.7. The number of fused-ring (bicyclic) bond motifs is 15. The summed E-state index contributed by atoms with van der Waals surface area (Å²) in [5, 5.41) is 9.89. The average Bonchev–Trinajstić information content (AvgIpc) is 1.56. The molecule has 0 N–H and O–H groups in total. The lowest BCUT2D eigenvalue weighted by molar-refractivity contribution is 0.661. The highest BCUT2D eigenvalue weighted by Gasteiger charge is 2.36. The number of hydrogen-bond acceptors (Lipinski definition) is 8. The number of hydrogen-bond donors (Lipinski definition) is 0. The Morgan fingerprint density at radius 1 is 0.209 bits per heavy atom. The van der Waals surface area contributed by atoms with Gasteiger partial charge in [-0.05, 0) is 153 Å². The number of benzene rings is 16. The van der Waals surface area contributed by atoms with Crippen molar-refractivity contribution >= 4 is 107 Å². The van der Waals surface area contributed by atoms with Crippen LogP contribution in [-0.4, -0.2) is 39.0 Å². The van der Waals surface area contributed by atoms with Gasteiger partial charge in [-0.25, -0.2) is 29.9 Å². The summed E-state index contributed by atoms with van der Waals surface area (Å²) in [6.07, 6.45) is 0. The maximum Gasteiger partial charge on any atom is 0.165 e. The zero-order valence-corrected chi connectivity index (χ0v) is 64.3. The molecule has 0 saturated heterocycles. The fourth-order valence-corrected chi connectivity index (χ4v) is 19.7. The molecule has 0 bridgehead atoms. The summed E-state index contributed by atoms with van der Waals surface area (Å²) in [5.74, 6) is 3.95. The van der Waals surface area contributed by atoms with Gasteiger partial charge in [-0.3, -0.25) is 0 Å². The number of aromatic nitrogens is 8. The van der Waals surface area contributed by atoms with Crippen molar-refractivity contribution in [3.8, 4) is 124 Å². The molecule has 0 radical (unpaired) electrons. The summed E-state index contributed by atoms with van der Waals surface area (Å²) < 4.78 is 9.60. The summed E-state index contributed by atoms with van der Waals surface area (Å²) >= 11 is 3.58. The van der Waals surface area contributed by atoms with Crippen LogP contribution in [0.3, 0.4) is 0 Å². The predicted octanol–water partition coefficient (Wildman–Crippen LogP) is 28.0. The summed E-state index contributed by atoms with van der Waals surface area (Å²) in [7, 11) is 0. The minimum atomic E-state index is -0.0876. The third-order valence-corrected chi connectivity index (χ3v) is 25.3. The fraction of sp³-hybridized carbons (Fsp3) is 0.0286. The minimum absolute atomic E-state index is 0.0876. The first kappa shape index (κ1) is 67.5. The Hall–Kier alpha value is -14.4. The minimum Gasteiger partial charge on any atom is -0.309 e. The van der Waals surface area contributed by atoms with E-state index in [0.29, 0.717) is 34.9 Å². The topological polar surface area (TPSA) is 87.2 Å². The molecule has 0 atom stereocenters. The molecule has 10 heteroatoms. The van der Waals surface area contributed by atoms with Crippen molar-refractivity contribution in [3.63, 3.8) is 0 Å². The molecule has 22 aromatic rings. The van der Waals surface area contributed by atoms with E-state index in [1.165, 1.54) is 117 Å². The van der Waals surface area contributed by atoms with E-state index in [1.54, 1.807) is 22.7 Å². The maximum atomic E-state index is 5.19. The van der Waals surface area contributed by atoms with Crippen LogP contribution in [-0.2, 0) is 5.41 Å². The van der Waals surface area contributed by atoms with Crippen LogP contribution >= 0.6 is 22.7 Å². The second-order valence-electron chi connectivity index (χ2n) is 30.1. The zero-order chi connectivity index (χ0) is 76.2. The van der Waals surface area contributed by atoms with Crippen LogP contribution in [0.25, 0.3) is 208 Å². The largest absolute Gasteiger partial charge is 0.309 e. The standard InChI is InChI=1S/C54H36N4S.C51H32N4S/c1-54(2)45-22-12-9-19-38(45)41-31-42-39-20-10-13-23-47(39)58(48(42)32-46(41)54)37-27-25-33(26-28-37)36-29-43-40-21-11-14-24-49(40)59-50(43)44(30-36)53-56-51(34-15-5-3-6-16-34)55-52(57-53)35-17-7-4-8-18-35;1-4-14-35(15-5-1)49-52-50(36-16-6-2-7-17-36)54-51(53-49)44-32-38(31-43-41-21-11-13-23-47(41)56-48(43)44)34-26-24-33(25-27-34)37-28-29-46-42(30-37)40-20-10-12-22-45(40)55(46)39-18-8-3-9-19-39/h3-32H,1-2H3;1-32H. The molecule has 115 heavy (non-hydrogen) atoms. The van der Waals surface area contributed by atoms with E-state index >= 15 is 0 Å². The summed E-state index contributed by atoms with van der Waals surface area (Å²) in [5.41, 5.74) is 25.2. The molecule has 16 aromatic carbocycles. The second-order valence-corrected chi connectivity index (χ2v) is 32.2. The van der Waals surface area contributed by atoms with Crippen LogP contribution < -0.4 is 0 Å². The van der Waals surface area contributed by atoms with Crippen LogP contribution in [0, 0.1) is 0 Å². The lowest BCUT2D eigenvalue weighted by Crippen LogP contribution is -2.14. The van der Waals surface area contributed by atoms with Gasteiger partial charge < -0.3 is 9.13 Å². The van der Waals surface area contributed by atoms with Gasteiger partial charge in [0, 0.05) is 112 Å². The quantitative estimate of drug-likeness (QED) is 0.128. The summed E-state index contributed by atoms with van der Waals surface area (Å²) in [6, 6.07) is 134. The van der Waals surface area contributed by atoms with Crippen LogP contribution in [0.1, 0.15) is 25.0 Å². The van der Waals surface area contributed by atoms with Crippen molar-refractivity contribution in [3.05, 3.63) is 387 Å². The fourth-order valence-electron chi connectivity index (χ4n) is 17.3. The van der Waals surface area contributed by atoms with Crippen LogP contribution in [0.4, 0.5) is 0 Å². The number of nitrogens with zero attached hydrogens (tertiary/aromatic N) is 8. The van der Waals surface area contributed by atoms with Gasteiger partial charge in [0.25, 0.3) is 0 Å². The van der Waals surface area contributed by atoms with Gasteiger partial charge in [-0.1, -0.05) is 293 Å². The highest BCUT2D eigenvalue weighted by Crippen LogP contribution is 2.52. The van der Waals surface area contributed by atoms with Crippen molar-refractivity contribution in [2.24, 2.45) is 0 Å². The van der Waals surface area contributed by atoms with Gasteiger partial charge in [0.2, 0.25) is 0 Å². The second kappa shape index (κ2) is 27.5. The van der Waals surface area contributed by atoms with E-state index in [0.717, 1.165) is 67.0 Å². The number of rotatable bonds is 11. The maximum absolute atomic E-state index is 5.19. The molecular formula is C105H68N8S2. The first-order valence-corrected chi connectivity index (χ1v) is 40.5. The molecule has 1 aliphatic rings. The highest BCUT2D eigenvalue weighted by atomic mass is 32.1. The Kier molecular flexibility index (Phi) is 16.1. The molecule has 6 aromatic heterocycles. The van der Waals surface area contributed by atoms with E-state index in [2.05, 4.69) is 326 Å². The van der Waals surface area contributed by atoms with Crippen molar-refractivity contribution in [1.29, 1.82) is 0 Å². The van der Waals surface area contributed by atoms with E-state index in [-0.39, 0.29) is 5.41 Å². The Bertz CT molecular complexity index is 7460. The smallest absolute Gasteiger partial charge is 0.165 e. The van der Waals surface area contributed by atoms with Crippen LogP contribution in [0.2, 0.25) is 0 Å². The monoisotopic (exact) mass is 1500 g/mol. The Morgan fingerprint density at radius 2 is 0.557 bits per heavy atom. The molecule has 0 amide bonds. The van der Waals surface area contributed by atoms with Gasteiger partial charge in [-0.2, -0.15) is 0 Å². The van der Waals surface area contributed by atoms with Gasteiger partial charge >= 0.3 is 0 Å². The molecule has 8 nitrogen and oxygen atoms in total. The molecule has 0 saturated carbocycles. The third kappa shape index (κ3) is 11.6. The predicted molar refractivity (Wildman–Crippen MR) is 481 cm³/mol. The normalized spacial score (nSPS) is 12.3. The van der Waals surface area contributed by atoms with Crippen molar-refractivity contribution in [1.82, 2.24) is 39.0 Å². The molecule has 1 aliphatic carbocycles. The first-order valence-electron chi connectivity index (χ1n) is 38.9.